The summed E-state index contributed by atoms with van der Waals surface area (Å²) in [6, 6.07) is 9.41. The minimum Gasteiger partial charge on any atom is -0.508 e. The molecule has 2 aromatic carbocycles. The Kier molecular flexibility index (Phi) is 2.71. The van der Waals surface area contributed by atoms with E-state index in [4.69, 9.17) is 4.42 Å². The maximum atomic E-state index is 12.4. The Balaban J connectivity index is 2.30. The monoisotopic (exact) mass is 268 g/mol. The second kappa shape index (κ2) is 4.42. The first kappa shape index (κ1) is 12.3. The van der Waals surface area contributed by atoms with Gasteiger partial charge in [0.25, 0.3) is 0 Å². The molecule has 0 bridgehead atoms. The molecule has 0 amide bonds. The first-order valence-electron chi connectivity index (χ1n) is 6.11. The van der Waals surface area contributed by atoms with Gasteiger partial charge in [0.2, 0.25) is 5.43 Å². The molecule has 20 heavy (non-hydrogen) atoms. The quantitative estimate of drug-likeness (QED) is 0.711. The molecule has 2 N–H and O–H groups in total. The molecule has 4 heteroatoms. The van der Waals surface area contributed by atoms with Gasteiger partial charge in [0.05, 0.1) is 10.9 Å². The molecular formula is C16H12O4. The van der Waals surface area contributed by atoms with Crippen LogP contribution in [0.3, 0.4) is 0 Å². The van der Waals surface area contributed by atoms with Crippen LogP contribution in [0.4, 0.5) is 0 Å². The predicted molar refractivity (Wildman–Crippen MR) is 76.0 cm³/mol. The highest BCUT2D eigenvalue weighted by Gasteiger charge is 2.12. The standard InChI is InChI=1S/C16H12O4/c1-9-2-4-11(14(18)6-9)13-8-20-15-7-10(17)3-5-12(15)16(13)19/h2-8,17-18H,1H3. The number of aromatic hydroxyl groups is 2. The van der Waals surface area contributed by atoms with Crippen LogP contribution < -0.4 is 5.43 Å². The maximum absolute atomic E-state index is 12.4. The molecule has 0 saturated heterocycles. The first-order valence-corrected chi connectivity index (χ1v) is 6.11. The summed E-state index contributed by atoms with van der Waals surface area (Å²) in [5.74, 6) is 0.0713. The maximum Gasteiger partial charge on any atom is 0.200 e. The van der Waals surface area contributed by atoms with Crippen molar-refractivity contribution in [3.63, 3.8) is 0 Å². The van der Waals surface area contributed by atoms with E-state index in [0.29, 0.717) is 22.1 Å². The van der Waals surface area contributed by atoms with Crippen LogP contribution in [0.2, 0.25) is 0 Å². The molecule has 100 valence electrons. The summed E-state index contributed by atoms with van der Waals surface area (Å²) in [7, 11) is 0. The van der Waals surface area contributed by atoms with E-state index in [1.54, 1.807) is 12.1 Å². The highest BCUT2D eigenvalue weighted by atomic mass is 16.3. The van der Waals surface area contributed by atoms with Crippen molar-refractivity contribution in [1.82, 2.24) is 0 Å². The summed E-state index contributed by atoms with van der Waals surface area (Å²) in [6.45, 7) is 1.86. The van der Waals surface area contributed by atoms with E-state index in [-0.39, 0.29) is 16.9 Å². The van der Waals surface area contributed by atoms with E-state index >= 15 is 0 Å². The molecule has 0 spiro atoms. The summed E-state index contributed by atoms with van der Waals surface area (Å²) in [5.41, 5.74) is 1.69. The summed E-state index contributed by atoms with van der Waals surface area (Å²) in [4.78, 5) is 12.4. The van der Waals surface area contributed by atoms with Gasteiger partial charge in [0.15, 0.2) is 0 Å². The molecule has 0 aliphatic carbocycles. The molecule has 3 rings (SSSR count). The third kappa shape index (κ3) is 1.91. The fraction of sp³-hybridized carbons (Fsp3) is 0.0625. The van der Waals surface area contributed by atoms with Gasteiger partial charge in [-0.15, -0.1) is 0 Å². The number of hydrogen-bond donors (Lipinski definition) is 2. The van der Waals surface area contributed by atoms with Crippen molar-refractivity contribution in [3.05, 3.63) is 58.4 Å². The number of phenolic OH excluding ortho intramolecular Hbond substituents is 2. The molecule has 0 atom stereocenters. The summed E-state index contributed by atoms with van der Waals surface area (Å²) in [5, 5.41) is 19.7. The van der Waals surface area contributed by atoms with Crippen LogP contribution >= 0.6 is 0 Å². The highest BCUT2D eigenvalue weighted by molar-refractivity contribution is 5.83. The average Bonchev–Trinajstić information content (AvgIpc) is 2.40. The van der Waals surface area contributed by atoms with Crippen molar-refractivity contribution in [1.29, 1.82) is 0 Å². The Morgan fingerprint density at radius 2 is 1.80 bits per heavy atom. The van der Waals surface area contributed by atoms with Crippen LogP contribution in [-0.4, -0.2) is 10.2 Å². The van der Waals surface area contributed by atoms with Crippen molar-refractivity contribution in [2.75, 3.05) is 0 Å². The SMILES string of the molecule is Cc1ccc(-c2coc3cc(O)ccc3c2=O)c(O)c1. The third-order valence-electron chi connectivity index (χ3n) is 3.20. The zero-order valence-electron chi connectivity index (χ0n) is 10.8. The van der Waals surface area contributed by atoms with Crippen molar-refractivity contribution in [2.24, 2.45) is 0 Å². The summed E-state index contributed by atoms with van der Waals surface area (Å²) in [6.07, 6.45) is 1.30. The number of fused-ring (bicyclic) bond motifs is 1. The molecule has 0 radical (unpaired) electrons. The fourth-order valence-corrected chi connectivity index (χ4v) is 2.17. The molecule has 3 aromatic rings. The summed E-state index contributed by atoms with van der Waals surface area (Å²) >= 11 is 0. The van der Waals surface area contributed by atoms with E-state index in [1.807, 2.05) is 13.0 Å². The molecule has 0 aliphatic heterocycles. The van der Waals surface area contributed by atoms with Crippen LogP contribution in [0.25, 0.3) is 22.1 Å². The van der Waals surface area contributed by atoms with E-state index in [2.05, 4.69) is 0 Å². The van der Waals surface area contributed by atoms with Gasteiger partial charge in [0.1, 0.15) is 23.3 Å². The van der Waals surface area contributed by atoms with Gasteiger partial charge in [-0.3, -0.25) is 4.79 Å². The molecule has 0 saturated carbocycles. The summed E-state index contributed by atoms with van der Waals surface area (Å²) < 4.78 is 5.37. The van der Waals surface area contributed by atoms with Crippen LogP contribution in [0, 0.1) is 6.92 Å². The molecule has 4 nitrogen and oxygen atoms in total. The molecule has 1 aromatic heterocycles. The number of hydrogen-bond acceptors (Lipinski definition) is 4. The molecule has 0 fully saturated rings. The first-order chi connectivity index (χ1) is 9.56. The minimum atomic E-state index is -0.245. The van der Waals surface area contributed by atoms with Gasteiger partial charge in [-0.2, -0.15) is 0 Å². The fourth-order valence-electron chi connectivity index (χ4n) is 2.17. The van der Waals surface area contributed by atoms with Gasteiger partial charge in [-0.1, -0.05) is 12.1 Å². The van der Waals surface area contributed by atoms with Crippen LogP contribution in [0.15, 0.2) is 51.9 Å². The smallest absolute Gasteiger partial charge is 0.200 e. The van der Waals surface area contributed by atoms with Crippen molar-refractivity contribution in [2.45, 2.75) is 6.92 Å². The Labute approximate surface area is 114 Å². The highest BCUT2D eigenvalue weighted by Crippen LogP contribution is 2.29. The van der Waals surface area contributed by atoms with E-state index < -0.39 is 0 Å². The van der Waals surface area contributed by atoms with Crippen LogP contribution in [0.5, 0.6) is 11.5 Å². The molecule has 0 aliphatic rings. The lowest BCUT2D eigenvalue weighted by Gasteiger charge is -2.06. The predicted octanol–water partition coefficient (Wildman–Crippen LogP) is 3.18. The third-order valence-corrected chi connectivity index (χ3v) is 3.20. The van der Waals surface area contributed by atoms with Crippen LogP contribution in [0.1, 0.15) is 5.56 Å². The largest absolute Gasteiger partial charge is 0.508 e. The van der Waals surface area contributed by atoms with Gasteiger partial charge >= 0.3 is 0 Å². The lowest BCUT2D eigenvalue weighted by Crippen LogP contribution is -2.04. The Morgan fingerprint density at radius 1 is 1.00 bits per heavy atom. The van der Waals surface area contributed by atoms with Gasteiger partial charge in [-0.25, -0.2) is 0 Å². The van der Waals surface area contributed by atoms with Crippen molar-refractivity contribution >= 4 is 11.0 Å². The average molecular weight is 268 g/mol. The second-order valence-corrected chi connectivity index (χ2v) is 4.68. The number of rotatable bonds is 1. The zero-order chi connectivity index (χ0) is 14.3. The number of phenols is 2. The number of aryl methyl sites for hydroxylation is 1. The Morgan fingerprint density at radius 3 is 2.55 bits per heavy atom. The minimum absolute atomic E-state index is 0.0339. The Hall–Kier alpha value is -2.75. The topological polar surface area (TPSA) is 70.7 Å². The normalized spacial score (nSPS) is 10.8. The molecule has 1 heterocycles. The number of benzene rings is 2. The van der Waals surface area contributed by atoms with Gasteiger partial charge < -0.3 is 14.6 Å². The van der Waals surface area contributed by atoms with Gasteiger partial charge in [0, 0.05) is 11.6 Å². The van der Waals surface area contributed by atoms with E-state index in [1.165, 1.54) is 24.5 Å². The Bertz CT molecular complexity index is 862. The van der Waals surface area contributed by atoms with Gasteiger partial charge in [-0.05, 0) is 30.7 Å². The zero-order valence-corrected chi connectivity index (χ0v) is 10.8. The lowest BCUT2D eigenvalue weighted by molar-refractivity contribution is 0.473. The van der Waals surface area contributed by atoms with E-state index in [9.17, 15) is 15.0 Å². The lowest BCUT2D eigenvalue weighted by atomic mass is 10.0. The second-order valence-electron chi connectivity index (χ2n) is 4.68. The van der Waals surface area contributed by atoms with Crippen LogP contribution in [-0.2, 0) is 0 Å². The molecular weight excluding hydrogens is 256 g/mol. The van der Waals surface area contributed by atoms with E-state index in [0.717, 1.165) is 5.56 Å². The molecule has 0 unspecified atom stereocenters. The van der Waals surface area contributed by atoms with Crippen molar-refractivity contribution < 1.29 is 14.6 Å². The van der Waals surface area contributed by atoms with Crippen molar-refractivity contribution in [3.8, 4) is 22.6 Å².